The zero-order valence-corrected chi connectivity index (χ0v) is 11.2. The molecule has 0 spiro atoms. The van der Waals surface area contributed by atoms with Crippen LogP contribution in [-0.4, -0.2) is 28.6 Å². The molecule has 0 aromatic heterocycles. The Kier molecular flexibility index (Phi) is 5.72. The first-order valence-electron chi connectivity index (χ1n) is 5.81. The second-order valence-electron chi connectivity index (χ2n) is 4.16. The highest BCUT2D eigenvalue weighted by atomic mass is 35.5. The second-order valence-corrected chi connectivity index (χ2v) is 4.57. The summed E-state index contributed by atoms with van der Waals surface area (Å²) in [5.74, 6) is -0.398. The fraction of sp³-hybridized carbons (Fsp3) is 0.417. The second kappa shape index (κ2) is 7.06. The lowest BCUT2D eigenvalue weighted by Gasteiger charge is -2.13. The fourth-order valence-electron chi connectivity index (χ4n) is 1.57. The van der Waals surface area contributed by atoms with Crippen LogP contribution in [-0.2, 0) is 0 Å². The van der Waals surface area contributed by atoms with Crippen LogP contribution in [0.25, 0.3) is 0 Å². The molecule has 1 aromatic rings. The molecule has 1 rings (SSSR count). The van der Waals surface area contributed by atoms with Crippen molar-refractivity contribution < 1.29 is 14.8 Å². The number of nitro groups is 1. The maximum absolute atomic E-state index is 11.9. The van der Waals surface area contributed by atoms with Gasteiger partial charge in [0.1, 0.15) is 5.02 Å². The van der Waals surface area contributed by atoms with Gasteiger partial charge < -0.3 is 10.4 Å². The van der Waals surface area contributed by atoms with Gasteiger partial charge in [-0.05, 0) is 31.9 Å². The number of amides is 1. The highest BCUT2D eigenvalue weighted by Gasteiger charge is 2.17. The summed E-state index contributed by atoms with van der Waals surface area (Å²) >= 11 is 5.67. The maximum atomic E-state index is 11.9. The van der Waals surface area contributed by atoms with Crippen LogP contribution in [0.3, 0.4) is 0 Å². The van der Waals surface area contributed by atoms with Gasteiger partial charge in [-0.3, -0.25) is 14.9 Å². The standard InChI is InChI=1S/C12H15ClN2O4/c1-8(3-2-6-16)14-12(17)9-4-5-10(13)11(7-9)15(18)19/h4-5,7-8,16H,2-3,6H2,1H3,(H,14,17). The molecule has 1 amide bonds. The van der Waals surface area contributed by atoms with E-state index in [1.807, 2.05) is 0 Å². The molecule has 1 atom stereocenters. The Hall–Kier alpha value is -1.66. The number of halogens is 1. The summed E-state index contributed by atoms with van der Waals surface area (Å²) in [5.41, 5.74) is -0.107. The van der Waals surface area contributed by atoms with Crippen LogP contribution < -0.4 is 5.32 Å². The van der Waals surface area contributed by atoms with E-state index in [0.717, 1.165) is 6.07 Å². The number of carbonyl (C=O) groups is 1. The minimum absolute atomic E-state index is 0.00474. The molecule has 0 fully saturated rings. The molecule has 0 radical (unpaired) electrons. The predicted octanol–water partition coefficient (Wildman–Crippen LogP) is 2.14. The average Bonchev–Trinajstić information content (AvgIpc) is 2.36. The van der Waals surface area contributed by atoms with E-state index in [1.165, 1.54) is 12.1 Å². The third-order valence-electron chi connectivity index (χ3n) is 2.58. The van der Waals surface area contributed by atoms with Gasteiger partial charge in [0.2, 0.25) is 0 Å². The van der Waals surface area contributed by atoms with Crippen LogP contribution in [0.15, 0.2) is 18.2 Å². The lowest BCUT2D eigenvalue weighted by molar-refractivity contribution is -0.384. The summed E-state index contributed by atoms with van der Waals surface area (Å²) in [7, 11) is 0. The van der Waals surface area contributed by atoms with Crippen molar-refractivity contribution in [2.45, 2.75) is 25.8 Å². The molecule has 6 nitrogen and oxygen atoms in total. The molecule has 19 heavy (non-hydrogen) atoms. The number of hydrogen-bond acceptors (Lipinski definition) is 4. The predicted molar refractivity (Wildman–Crippen MR) is 71.4 cm³/mol. The Morgan fingerprint density at radius 3 is 2.84 bits per heavy atom. The van der Waals surface area contributed by atoms with Crippen LogP contribution in [0.4, 0.5) is 5.69 Å². The third-order valence-corrected chi connectivity index (χ3v) is 2.90. The number of rotatable bonds is 6. The number of hydrogen-bond donors (Lipinski definition) is 2. The minimum Gasteiger partial charge on any atom is -0.396 e. The van der Waals surface area contributed by atoms with Gasteiger partial charge in [0.05, 0.1) is 4.92 Å². The molecule has 7 heteroatoms. The average molecular weight is 287 g/mol. The molecule has 1 aromatic carbocycles. The molecule has 0 bridgehead atoms. The van der Waals surface area contributed by atoms with Crippen molar-refractivity contribution in [1.82, 2.24) is 5.32 Å². The molecule has 1 unspecified atom stereocenters. The number of carbonyl (C=O) groups excluding carboxylic acids is 1. The van der Waals surface area contributed by atoms with E-state index in [0.29, 0.717) is 12.8 Å². The first-order valence-corrected chi connectivity index (χ1v) is 6.19. The number of nitrogens with one attached hydrogen (secondary N) is 1. The maximum Gasteiger partial charge on any atom is 0.288 e. The largest absolute Gasteiger partial charge is 0.396 e. The number of aliphatic hydroxyl groups excluding tert-OH is 1. The topological polar surface area (TPSA) is 92.5 Å². The molecule has 0 aliphatic rings. The summed E-state index contributed by atoms with van der Waals surface area (Å²) in [6, 6.07) is 3.79. The van der Waals surface area contributed by atoms with E-state index in [-0.39, 0.29) is 28.9 Å². The van der Waals surface area contributed by atoms with E-state index in [2.05, 4.69) is 5.32 Å². The van der Waals surface area contributed by atoms with Crippen molar-refractivity contribution in [2.24, 2.45) is 0 Å². The zero-order valence-electron chi connectivity index (χ0n) is 10.4. The Morgan fingerprint density at radius 2 is 2.26 bits per heavy atom. The van der Waals surface area contributed by atoms with Gasteiger partial charge in [-0.25, -0.2) is 0 Å². The van der Waals surface area contributed by atoms with Crippen molar-refractivity contribution in [3.63, 3.8) is 0 Å². The number of nitrogens with zero attached hydrogens (tertiary/aromatic N) is 1. The highest BCUT2D eigenvalue weighted by Crippen LogP contribution is 2.25. The quantitative estimate of drug-likeness (QED) is 0.619. The molecule has 0 aliphatic heterocycles. The van der Waals surface area contributed by atoms with E-state index in [1.54, 1.807) is 6.92 Å². The van der Waals surface area contributed by atoms with Crippen LogP contribution in [0.1, 0.15) is 30.1 Å². The SMILES string of the molecule is CC(CCCO)NC(=O)c1ccc(Cl)c([N+](=O)[O-])c1. The van der Waals surface area contributed by atoms with E-state index >= 15 is 0 Å². The lowest BCUT2D eigenvalue weighted by Crippen LogP contribution is -2.32. The van der Waals surface area contributed by atoms with Gasteiger partial charge in [-0.1, -0.05) is 11.6 Å². The van der Waals surface area contributed by atoms with E-state index in [9.17, 15) is 14.9 Å². The van der Waals surface area contributed by atoms with Crippen molar-refractivity contribution in [3.8, 4) is 0 Å². The van der Waals surface area contributed by atoms with Crippen molar-refractivity contribution >= 4 is 23.2 Å². The summed E-state index contributed by atoms with van der Waals surface area (Å²) in [6.45, 7) is 1.87. The van der Waals surface area contributed by atoms with Gasteiger partial charge in [-0.15, -0.1) is 0 Å². The van der Waals surface area contributed by atoms with Gasteiger partial charge >= 0.3 is 0 Å². The van der Waals surface area contributed by atoms with E-state index in [4.69, 9.17) is 16.7 Å². The van der Waals surface area contributed by atoms with Crippen molar-refractivity contribution in [1.29, 1.82) is 0 Å². The van der Waals surface area contributed by atoms with Crippen molar-refractivity contribution in [2.75, 3.05) is 6.61 Å². The molecule has 104 valence electrons. The first-order chi connectivity index (χ1) is 8.95. The Bertz CT molecular complexity index is 479. The molecule has 0 saturated heterocycles. The normalized spacial score (nSPS) is 11.9. The zero-order chi connectivity index (χ0) is 14.4. The van der Waals surface area contributed by atoms with Crippen LogP contribution in [0, 0.1) is 10.1 Å². The molecular weight excluding hydrogens is 272 g/mol. The minimum atomic E-state index is -0.631. The molecule has 2 N–H and O–H groups in total. The fourth-order valence-corrected chi connectivity index (χ4v) is 1.76. The number of benzene rings is 1. The smallest absolute Gasteiger partial charge is 0.288 e. The summed E-state index contributed by atoms with van der Waals surface area (Å²) in [4.78, 5) is 22.0. The number of nitro benzene ring substituents is 1. The number of aliphatic hydroxyl groups is 1. The van der Waals surface area contributed by atoms with Crippen LogP contribution in [0.2, 0.25) is 5.02 Å². The Labute approximate surface area is 115 Å². The summed E-state index contributed by atoms with van der Waals surface area (Å²) in [6.07, 6.45) is 1.22. The first kappa shape index (κ1) is 15.4. The molecule has 0 saturated carbocycles. The Morgan fingerprint density at radius 1 is 1.58 bits per heavy atom. The van der Waals surface area contributed by atoms with Crippen LogP contribution >= 0.6 is 11.6 Å². The summed E-state index contributed by atoms with van der Waals surface area (Å²) in [5, 5.41) is 22.1. The third kappa shape index (κ3) is 4.50. The molecular formula is C12H15ClN2O4. The van der Waals surface area contributed by atoms with Crippen molar-refractivity contribution in [3.05, 3.63) is 38.9 Å². The summed E-state index contributed by atoms with van der Waals surface area (Å²) < 4.78 is 0. The monoisotopic (exact) mass is 286 g/mol. The van der Waals surface area contributed by atoms with Gasteiger partial charge in [0.25, 0.3) is 11.6 Å². The van der Waals surface area contributed by atoms with E-state index < -0.39 is 10.8 Å². The molecule has 0 aliphatic carbocycles. The van der Waals surface area contributed by atoms with Gasteiger partial charge in [-0.2, -0.15) is 0 Å². The van der Waals surface area contributed by atoms with Crippen LogP contribution in [0.5, 0.6) is 0 Å². The van der Waals surface area contributed by atoms with Gasteiger partial charge in [0.15, 0.2) is 0 Å². The Balaban J connectivity index is 2.77. The molecule has 0 heterocycles. The lowest BCUT2D eigenvalue weighted by atomic mass is 10.1. The van der Waals surface area contributed by atoms with Gasteiger partial charge in [0, 0.05) is 24.3 Å². The highest BCUT2D eigenvalue weighted by molar-refractivity contribution is 6.32.